The Morgan fingerprint density at radius 1 is 0.654 bits per heavy atom. The molecule has 0 spiro atoms. The second-order valence-electron chi connectivity index (χ2n) is 6.53. The van der Waals surface area contributed by atoms with Gasteiger partial charge in [0.05, 0.1) is 0 Å². The van der Waals surface area contributed by atoms with Crippen LogP contribution in [0.3, 0.4) is 0 Å². The van der Waals surface area contributed by atoms with Crippen molar-refractivity contribution in [1.29, 1.82) is 5.26 Å². The van der Waals surface area contributed by atoms with E-state index in [0.29, 0.717) is 6.42 Å². The SMILES string of the molecule is N#CCCCCP(Br)(c1ccccc1)(c1ccccc1)c1ccccc1. The summed E-state index contributed by atoms with van der Waals surface area (Å²) in [6.07, 6.45) is 3.55. The van der Waals surface area contributed by atoms with Crippen molar-refractivity contribution in [1.82, 2.24) is 0 Å². The zero-order valence-electron chi connectivity index (χ0n) is 14.8. The zero-order chi connectivity index (χ0) is 18.3. The molecule has 0 N–H and O–H groups in total. The van der Waals surface area contributed by atoms with Gasteiger partial charge < -0.3 is 0 Å². The topological polar surface area (TPSA) is 23.8 Å². The van der Waals surface area contributed by atoms with Crippen LogP contribution in [0.4, 0.5) is 0 Å². The molecule has 132 valence electrons. The number of hydrogen-bond donors (Lipinski definition) is 0. The van der Waals surface area contributed by atoms with E-state index < -0.39 is 5.31 Å². The summed E-state index contributed by atoms with van der Waals surface area (Å²) in [7, 11) is 0. The normalized spacial score (nSPS) is 12.7. The molecule has 1 nitrogen and oxygen atoms in total. The summed E-state index contributed by atoms with van der Waals surface area (Å²) in [6, 6.07) is 34.7. The number of halogens is 1. The van der Waals surface area contributed by atoms with Gasteiger partial charge in [0.15, 0.2) is 0 Å². The fourth-order valence-electron chi connectivity index (χ4n) is 3.66. The van der Waals surface area contributed by atoms with Crippen molar-refractivity contribution in [3.63, 3.8) is 0 Å². The third-order valence-electron chi connectivity index (χ3n) is 5.00. The van der Waals surface area contributed by atoms with E-state index in [1.807, 2.05) is 0 Å². The van der Waals surface area contributed by atoms with Gasteiger partial charge in [0.25, 0.3) is 0 Å². The second kappa shape index (κ2) is 8.17. The Hall–Kier alpha value is -1.94. The second-order valence-corrected chi connectivity index (χ2v) is 15.6. The van der Waals surface area contributed by atoms with Crippen LogP contribution in [0.15, 0.2) is 91.0 Å². The average molecular weight is 424 g/mol. The Morgan fingerprint density at radius 2 is 1.04 bits per heavy atom. The molecule has 0 fully saturated rings. The van der Waals surface area contributed by atoms with E-state index in [1.165, 1.54) is 15.9 Å². The molecular weight excluding hydrogens is 401 g/mol. The van der Waals surface area contributed by atoms with Crippen LogP contribution in [0, 0.1) is 11.3 Å². The molecule has 0 amide bonds. The first-order valence-corrected chi connectivity index (χ1v) is 13.4. The number of benzene rings is 3. The molecule has 3 heteroatoms. The maximum atomic E-state index is 8.96. The van der Waals surface area contributed by atoms with Gasteiger partial charge in [-0.25, -0.2) is 0 Å². The van der Waals surface area contributed by atoms with Crippen LogP contribution in [0.1, 0.15) is 19.3 Å². The van der Waals surface area contributed by atoms with Crippen LogP contribution in [0.2, 0.25) is 0 Å². The predicted octanol–water partition coefficient (Wildman–Crippen LogP) is 5.52. The van der Waals surface area contributed by atoms with Crippen LogP contribution >= 0.6 is 20.8 Å². The average Bonchev–Trinajstić information content (AvgIpc) is 2.73. The number of nitrogens with zero attached hydrogens (tertiary/aromatic N) is 1. The Labute approximate surface area is 164 Å². The molecule has 0 unspecified atom stereocenters. The van der Waals surface area contributed by atoms with Crippen molar-refractivity contribution in [2.45, 2.75) is 19.3 Å². The Morgan fingerprint density at radius 3 is 1.38 bits per heavy atom. The van der Waals surface area contributed by atoms with Crippen molar-refractivity contribution in [3.05, 3.63) is 91.0 Å². The van der Waals surface area contributed by atoms with Crippen molar-refractivity contribution in [3.8, 4) is 6.07 Å². The molecule has 0 aromatic heterocycles. The molecule has 26 heavy (non-hydrogen) atoms. The van der Waals surface area contributed by atoms with Crippen LogP contribution < -0.4 is 15.9 Å². The first-order valence-electron chi connectivity index (χ1n) is 8.97. The van der Waals surface area contributed by atoms with Crippen LogP contribution in [-0.2, 0) is 0 Å². The monoisotopic (exact) mass is 423 g/mol. The fraction of sp³-hybridized carbons (Fsp3) is 0.174. The molecule has 0 radical (unpaired) electrons. The number of unbranched alkanes of at least 4 members (excludes halogenated alkanes) is 2. The van der Waals surface area contributed by atoms with E-state index in [4.69, 9.17) is 5.26 Å². The van der Waals surface area contributed by atoms with Crippen molar-refractivity contribution in [2.24, 2.45) is 0 Å². The van der Waals surface area contributed by atoms with Gasteiger partial charge in [-0.05, 0) is 0 Å². The molecule has 0 saturated carbocycles. The predicted molar refractivity (Wildman–Crippen MR) is 118 cm³/mol. The fourth-order valence-corrected chi connectivity index (χ4v) is 11.4. The standard InChI is InChI=1S/C23H23BrNP/c24-26(20-12-4-11-19-25,21-13-5-1-6-14-21,22-15-7-2-8-16-22)23-17-9-3-10-18-23/h1-3,5-10,13-18H,4,11-12,20H2. The number of hydrogen-bond acceptors (Lipinski definition) is 1. The first kappa shape index (κ1) is 18.8. The molecule has 0 heterocycles. The summed E-state index contributed by atoms with van der Waals surface area (Å²) in [6.45, 7) is 0. The van der Waals surface area contributed by atoms with E-state index in [9.17, 15) is 0 Å². The summed E-state index contributed by atoms with van der Waals surface area (Å²) < 4.78 is 0. The number of nitriles is 1. The number of rotatable bonds is 7. The van der Waals surface area contributed by atoms with Gasteiger partial charge in [0.2, 0.25) is 0 Å². The van der Waals surface area contributed by atoms with Gasteiger partial charge in [-0.2, -0.15) is 0 Å². The zero-order valence-corrected chi connectivity index (χ0v) is 17.2. The molecule has 3 aromatic carbocycles. The third kappa shape index (κ3) is 3.35. The maximum absolute atomic E-state index is 8.96. The molecule has 0 atom stereocenters. The molecule has 0 aliphatic rings. The summed E-state index contributed by atoms with van der Waals surface area (Å²) in [5.74, 6) is 0. The third-order valence-corrected chi connectivity index (χ3v) is 15.0. The minimum atomic E-state index is -2.78. The van der Waals surface area contributed by atoms with Crippen LogP contribution in [0.25, 0.3) is 0 Å². The molecule has 3 aromatic rings. The molecule has 0 aliphatic carbocycles. The van der Waals surface area contributed by atoms with Gasteiger partial charge in [0, 0.05) is 0 Å². The van der Waals surface area contributed by atoms with E-state index in [-0.39, 0.29) is 0 Å². The van der Waals surface area contributed by atoms with Crippen LogP contribution in [-0.4, -0.2) is 6.16 Å². The van der Waals surface area contributed by atoms with Crippen molar-refractivity contribution < 1.29 is 0 Å². The van der Waals surface area contributed by atoms with Crippen molar-refractivity contribution in [2.75, 3.05) is 6.16 Å². The molecule has 0 saturated heterocycles. The molecular formula is C23H23BrNP. The minimum absolute atomic E-state index is 0.609. The summed E-state index contributed by atoms with van der Waals surface area (Å²) in [5.41, 5.74) is 0. The van der Waals surface area contributed by atoms with E-state index in [1.54, 1.807) is 0 Å². The Kier molecular flexibility index (Phi) is 5.92. The Bertz CT molecular complexity index is 773. The van der Waals surface area contributed by atoms with E-state index >= 15 is 0 Å². The molecule has 0 bridgehead atoms. The Balaban J connectivity index is 2.26. The molecule has 0 aliphatic heterocycles. The first-order chi connectivity index (χ1) is 12.7. The molecule has 3 rings (SSSR count). The van der Waals surface area contributed by atoms with E-state index in [2.05, 4.69) is 113 Å². The quantitative estimate of drug-likeness (QED) is 0.362. The van der Waals surface area contributed by atoms with Gasteiger partial charge in [-0.3, -0.25) is 0 Å². The summed E-state index contributed by atoms with van der Waals surface area (Å²) in [4.78, 5) is 0. The summed E-state index contributed by atoms with van der Waals surface area (Å²) in [5, 5.41) is 10.2. The van der Waals surface area contributed by atoms with Gasteiger partial charge in [-0.1, -0.05) is 0 Å². The van der Waals surface area contributed by atoms with E-state index in [0.717, 1.165) is 19.0 Å². The van der Waals surface area contributed by atoms with Gasteiger partial charge in [0.1, 0.15) is 0 Å². The van der Waals surface area contributed by atoms with Crippen LogP contribution in [0.5, 0.6) is 0 Å². The van der Waals surface area contributed by atoms with Gasteiger partial charge in [-0.15, -0.1) is 0 Å². The summed E-state index contributed by atoms with van der Waals surface area (Å²) >= 11 is 4.42. The van der Waals surface area contributed by atoms with Gasteiger partial charge >= 0.3 is 164 Å². The van der Waals surface area contributed by atoms with Crippen molar-refractivity contribution >= 4 is 36.7 Å².